The fourth-order valence-corrected chi connectivity index (χ4v) is 3.87. The first-order chi connectivity index (χ1) is 6.99. The normalized spacial score (nSPS) is 24.8. The summed E-state index contributed by atoms with van der Waals surface area (Å²) in [5.41, 5.74) is 0. The maximum absolute atomic E-state index is 11.8. The second kappa shape index (κ2) is 5.16. The number of hydrogen-bond donors (Lipinski definition) is 0. The summed E-state index contributed by atoms with van der Waals surface area (Å²) in [6, 6.07) is 0. The summed E-state index contributed by atoms with van der Waals surface area (Å²) in [6.45, 7) is 0.395. The zero-order valence-corrected chi connectivity index (χ0v) is 10.4. The number of nitrogens with zero attached hydrogens (tertiary/aromatic N) is 1. The Kier molecular flexibility index (Phi) is 4.40. The summed E-state index contributed by atoms with van der Waals surface area (Å²) in [7, 11) is -1.63. The highest BCUT2D eigenvalue weighted by molar-refractivity contribution is 7.92. The van der Waals surface area contributed by atoms with E-state index < -0.39 is 15.1 Å². The Labute approximate surface area is 95.5 Å². The third kappa shape index (κ3) is 3.08. The lowest BCUT2D eigenvalue weighted by Crippen LogP contribution is -2.44. The van der Waals surface area contributed by atoms with Crippen LogP contribution in [0, 0.1) is 0 Å². The number of carbonyl (C=O) groups excluding carboxylic acids is 1. The summed E-state index contributed by atoms with van der Waals surface area (Å²) < 4.78 is 23.3. The van der Waals surface area contributed by atoms with Crippen LogP contribution >= 0.6 is 11.6 Å². The third-order valence-corrected chi connectivity index (χ3v) is 4.98. The summed E-state index contributed by atoms with van der Waals surface area (Å²) in [6.07, 6.45) is 1.93. The molecule has 1 aliphatic rings. The molecule has 1 atom stereocenters. The Balaban J connectivity index is 2.73. The summed E-state index contributed by atoms with van der Waals surface area (Å²) in [4.78, 5) is 13.2. The molecule has 6 heteroatoms. The number of halogens is 1. The van der Waals surface area contributed by atoms with Gasteiger partial charge in [0.1, 0.15) is 5.25 Å². The molecule has 0 aromatic rings. The molecule has 1 fully saturated rings. The molecule has 0 saturated carbocycles. The number of amides is 1. The lowest BCUT2D eigenvalue weighted by Gasteiger charge is -2.25. The number of alkyl halides is 1. The molecule has 0 aromatic heterocycles. The Morgan fingerprint density at radius 3 is 2.67 bits per heavy atom. The highest BCUT2D eigenvalue weighted by Gasteiger charge is 2.36. The van der Waals surface area contributed by atoms with E-state index in [9.17, 15) is 13.2 Å². The highest BCUT2D eigenvalue weighted by Crippen LogP contribution is 2.21. The maximum Gasteiger partial charge on any atom is 0.240 e. The van der Waals surface area contributed by atoms with Crippen molar-refractivity contribution in [2.24, 2.45) is 0 Å². The lowest BCUT2D eigenvalue weighted by atomic mass is 10.2. The SMILES string of the molecule is CN(CCCl)C(=O)C1CCCCS1(=O)=O. The summed E-state index contributed by atoms with van der Waals surface area (Å²) in [5.74, 6) is 0.156. The van der Waals surface area contributed by atoms with Crippen LogP contribution in [0.1, 0.15) is 19.3 Å². The van der Waals surface area contributed by atoms with Crippen molar-refractivity contribution in [2.45, 2.75) is 24.5 Å². The number of sulfone groups is 1. The first-order valence-corrected chi connectivity index (χ1v) is 7.26. The fourth-order valence-electron chi connectivity index (χ4n) is 1.71. The van der Waals surface area contributed by atoms with Gasteiger partial charge in [-0.2, -0.15) is 0 Å². The van der Waals surface area contributed by atoms with E-state index in [0.29, 0.717) is 25.3 Å². The minimum Gasteiger partial charge on any atom is -0.343 e. The van der Waals surface area contributed by atoms with Gasteiger partial charge >= 0.3 is 0 Å². The van der Waals surface area contributed by atoms with Crippen LogP contribution in [-0.4, -0.2) is 49.7 Å². The quantitative estimate of drug-likeness (QED) is 0.694. The van der Waals surface area contributed by atoms with E-state index in [-0.39, 0.29) is 11.7 Å². The van der Waals surface area contributed by atoms with Crippen LogP contribution in [-0.2, 0) is 14.6 Å². The topological polar surface area (TPSA) is 54.5 Å². The molecule has 0 bridgehead atoms. The van der Waals surface area contributed by atoms with E-state index in [1.807, 2.05) is 0 Å². The second-order valence-corrected chi connectivity index (χ2v) is 6.48. The van der Waals surface area contributed by atoms with Crippen molar-refractivity contribution in [3.63, 3.8) is 0 Å². The van der Waals surface area contributed by atoms with E-state index in [0.717, 1.165) is 6.42 Å². The van der Waals surface area contributed by atoms with Crippen LogP contribution in [0.25, 0.3) is 0 Å². The van der Waals surface area contributed by atoms with E-state index in [4.69, 9.17) is 11.6 Å². The largest absolute Gasteiger partial charge is 0.343 e. The molecule has 0 N–H and O–H groups in total. The number of hydrogen-bond acceptors (Lipinski definition) is 3. The van der Waals surface area contributed by atoms with Crippen molar-refractivity contribution in [2.75, 3.05) is 25.2 Å². The van der Waals surface area contributed by atoms with Gasteiger partial charge in [0.05, 0.1) is 5.75 Å². The van der Waals surface area contributed by atoms with E-state index >= 15 is 0 Å². The standard InChI is InChI=1S/C9H16ClNO3S/c1-11(6-5-10)9(12)8-4-2-3-7-15(8,13)14/h8H,2-7H2,1H3. The first kappa shape index (κ1) is 12.8. The molecule has 1 saturated heterocycles. The molecule has 1 unspecified atom stereocenters. The van der Waals surface area contributed by atoms with Crippen LogP contribution in [0.5, 0.6) is 0 Å². The minimum atomic E-state index is -3.22. The molecule has 1 rings (SSSR count). The molecule has 1 amide bonds. The van der Waals surface area contributed by atoms with Gasteiger partial charge in [-0.3, -0.25) is 4.79 Å². The molecule has 4 nitrogen and oxygen atoms in total. The van der Waals surface area contributed by atoms with Gasteiger partial charge in [-0.15, -0.1) is 11.6 Å². The molecular weight excluding hydrogens is 238 g/mol. The molecule has 15 heavy (non-hydrogen) atoms. The van der Waals surface area contributed by atoms with Crippen LogP contribution in [0.15, 0.2) is 0 Å². The Hall–Kier alpha value is -0.290. The molecule has 0 radical (unpaired) electrons. The second-order valence-electron chi connectivity index (χ2n) is 3.80. The van der Waals surface area contributed by atoms with Gasteiger partial charge in [0.25, 0.3) is 0 Å². The van der Waals surface area contributed by atoms with E-state index in [2.05, 4.69) is 0 Å². The maximum atomic E-state index is 11.8. The summed E-state index contributed by atoms with van der Waals surface area (Å²) in [5, 5.41) is -0.834. The van der Waals surface area contributed by atoms with Crippen molar-refractivity contribution in [3.8, 4) is 0 Å². The van der Waals surface area contributed by atoms with Gasteiger partial charge in [-0.05, 0) is 12.8 Å². The van der Waals surface area contributed by atoms with Crippen LogP contribution in [0.2, 0.25) is 0 Å². The van der Waals surface area contributed by atoms with Crippen LogP contribution in [0.3, 0.4) is 0 Å². The van der Waals surface area contributed by atoms with Gasteiger partial charge < -0.3 is 4.90 Å². The van der Waals surface area contributed by atoms with Crippen molar-refractivity contribution < 1.29 is 13.2 Å². The molecular formula is C9H16ClNO3S. The highest BCUT2D eigenvalue weighted by atomic mass is 35.5. The number of carbonyl (C=O) groups is 1. The predicted octanol–water partition coefficient (Wildman–Crippen LogP) is 0.651. The predicted molar refractivity (Wildman–Crippen MR) is 59.8 cm³/mol. The molecule has 0 spiro atoms. The molecule has 88 valence electrons. The first-order valence-electron chi connectivity index (χ1n) is 5.01. The average Bonchev–Trinajstić information content (AvgIpc) is 2.16. The Morgan fingerprint density at radius 2 is 2.13 bits per heavy atom. The molecule has 0 aromatic carbocycles. The third-order valence-electron chi connectivity index (χ3n) is 2.65. The summed E-state index contributed by atoms with van der Waals surface area (Å²) >= 11 is 5.51. The monoisotopic (exact) mass is 253 g/mol. The van der Waals surface area contributed by atoms with Gasteiger partial charge in [0.2, 0.25) is 5.91 Å². The van der Waals surface area contributed by atoms with Crippen molar-refractivity contribution >= 4 is 27.3 Å². The Morgan fingerprint density at radius 1 is 1.47 bits per heavy atom. The zero-order chi connectivity index (χ0) is 11.5. The minimum absolute atomic E-state index is 0.137. The van der Waals surface area contributed by atoms with Crippen LogP contribution < -0.4 is 0 Å². The lowest BCUT2D eigenvalue weighted by molar-refractivity contribution is -0.129. The van der Waals surface area contributed by atoms with Gasteiger partial charge in [-0.1, -0.05) is 6.42 Å². The molecule has 1 aliphatic heterocycles. The van der Waals surface area contributed by atoms with Crippen molar-refractivity contribution in [1.82, 2.24) is 4.90 Å². The molecule has 0 aliphatic carbocycles. The van der Waals surface area contributed by atoms with Crippen molar-refractivity contribution in [3.05, 3.63) is 0 Å². The smallest absolute Gasteiger partial charge is 0.240 e. The van der Waals surface area contributed by atoms with Crippen molar-refractivity contribution in [1.29, 1.82) is 0 Å². The Bertz CT molecular complexity index is 328. The fraction of sp³-hybridized carbons (Fsp3) is 0.889. The molecule has 1 heterocycles. The van der Waals surface area contributed by atoms with Gasteiger partial charge in [-0.25, -0.2) is 8.42 Å². The van der Waals surface area contributed by atoms with Gasteiger partial charge in [0, 0.05) is 19.5 Å². The van der Waals surface area contributed by atoms with E-state index in [1.54, 1.807) is 7.05 Å². The van der Waals surface area contributed by atoms with E-state index in [1.165, 1.54) is 4.90 Å². The van der Waals surface area contributed by atoms with Gasteiger partial charge in [0.15, 0.2) is 9.84 Å². The van der Waals surface area contributed by atoms with Crippen LogP contribution in [0.4, 0.5) is 0 Å². The number of rotatable bonds is 3. The zero-order valence-electron chi connectivity index (χ0n) is 8.78. The average molecular weight is 254 g/mol.